The van der Waals surface area contributed by atoms with Gasteiger partial charge >= 0.3 is 65.3 Å². The predicted molar refractivity (Wildman–Crippen MR) is 99.0 cm³/mol. The number of halogens is 4. The predicted octanol–water partition coefficient (Wildman–Crippen LogP) is -2.94. The average molecular weight is 522 g/mol. The van der Waals surface area contributed by atoms with Gasteiger partial charge in [-0.2, -0.15) is 18.4 Å². The molecule has 1 amide bonds. The number of hydrogen-bond acceptors (Lipinski definition) is 7. The molecule has 0 aromatic heterocycles. The molecule has 15 heteroatoms. The molecule has 0 aliphatic rings. The van der Waals surface area contributed by atoms with Crippen molar-refractivity contribution in [3.63, 3.8) is 0 Å². The molecule has 33 heavy (non-hydrogen) atoms. The summed E-state index contributed by atoms with van der Waals surface area (Å²) >= 11 is 0.855. The minimum Gasteiger partial charge on any atom is -0.790 e. The fourth-order valence-corrected chi connectivity index (χ4v) is 4.04. The Balaban J connectivity index is 0.00000512. The summed E-state index contributed by atoms with van der Waals surface area (Å²) in [6, 6.07) is 8.61. The Kier molecular flexibility index (Phi) is 12.9. The molecule has 1 N–H and O–H groups in total. The van der Waals surface area contributed by atoms with Crippen LogP contribution in [-0.4, -0.2) is 17.3 Å². The number of thioether (sulfide) groups is 1. The molecule has 0 heterocycles. The second kappa shape index (κ2) is 13.0. The number of nitrogens with one attached hydrogen (secondary N) is 1. The van der Waals surface area contributed by atoms with E-state index in [1.807, 2.05) is 0 Å². The monoisotopic (exact) mass is 522 g/mol. The van der Waals surface area contributed by atoms with E-state index in [4.69, 9.17) is 5.26 Å². The van der Waals surface area contributed by atoms with E-state index in [-0.39, 0.29) is 59.1 Å². The summed E-state index contributed by atoms with van der Waals surface area (Å²) in [5.74, 6) is -2.20. The Labute approximate surface area is 235 Å². The van der Waals surface area contributed by atoms with Crippen LogP contribution in [0.2, 0.25) is 0 Å². The van der Waals surface area contributed by atoms with Gasteiger partial charge in [-0.1, -0.05) is 0 Å². The first kappa shape index (κ1) is 32.6. The summed E-state index contributed by atoms with van der Waals surface area (Å²) in [5.41, 5.74) is -4.69. The number of phosphoric acid groups is 1. The quantitative estimate of drug-likeness (QED) is 0.179. The SMILES string of the molecule is CC(CSc1ccc(F)cc1)(OP(=O)([O-])[O-])C(=O)Nc1ccc(C#N)c(C(F)(F)F)c1.[Na+].[Na+]. The van der Waals surface area contributed by atoms with Gasteiger partial charge in [0, 0.05) is 16.3 Å². The summed E-state index contributed by atoms with van der Waals surface area (Å²) < 4.78 is 67.9. The van der Waals surface area contributed by atoms with E-state index >= 15 is 0 Å². The van der Waals surface area contributed by atoms with Crippen LogP contribution in [0.3, 0.4) is 0 Å². The van der Waals surface area contributed by atoms with Crippen molar-refractivity contribution in [2.75, 3.05) is 11.1 Å². The van der Waals surface area contributed by atoms with Crippen molar-refractivity contribution in [2.45, 2.75) is 23.6 Å². The Morgan fingerprint density at radius 3 is 2.24 bits per heavy atom. The zero-order valence-corrected chi connectivity index (χ0v) is 23.3. The van der Waals surface area contributed by atoms with E-state index in [1.54, 1.807) is 0 Å². The van der Waals surface area contributed by atoms with Gasteiger partial charge in [0.2, 0.25) is 0 Å². The largest absolute Gasteiger partial charge is 1.00 e. The van der Waals surface area contributed by atoms with Crippen LogP contribution in [0.4, 0.5) is 23.2 Å². The number of phosphoric ester groups is 1. The molecule has 0 saturated carbocycles. The second-order valence-electron chi connectivity index (χ2n) is 6.34. The maximum absolute atomic E-state index is 13.1. The van der Waals surface area contributed by atoms with Gasteiger partial charge in [0.15, 0.2) is 5.60 Å². The van der Waals surface area contributed by atoms with Gasteiger partial charge in [0.1, 0.15) is 5.82 Å². The Hall–Kier alpha value is -0.420. The molecular weight excluding hydrogens is 509 g/mol. The third-order valence-electron chi connectivity index (χ3n) is 3.82. The van der Waals surface area contributed by atoms with Crippen molar-refractivity contribution < 1.29 is 100 Å². The molecule has 166 valence electrons. The van der Waals surface area contributed by atoms with Crippen molar-refractivity contribution in [1.29, 1.82) is 5.26 Å². The number of carbonyl (C=O) groups is 1. The van der Waals surface area contributed by atoms with E-state index in [0.29, 0.717) is 11.0 Å². The molecule has 2 aromatic rings. The van der Waals surface area contributed by atoms with E-state index < -0.39 is 53.9 Å². The molecule has 0 aliphatic heterocycles. The number of nitrogens with zero attached hydrogens (tertiary/aromatic N) is 1. The number of amides is 1. The van der Waals surface area contributed by atoms with Crippen LogP contribution >= 0.6 is 19.6 Å². The topological polar surface area (TPSA) is 125 Å². The summed E-state index contributed by atoms with van der Waals surface area (Å²) in [4.78, 5) is 35.4. The molecule has 0 radical (unpaired) electrons. The summed E-state index contributed by atoms with van der Waals surface area (Å²) in [6.07, 6.45) is -4.89. The molecule has 0 fully saturated rings. The first-order valence-corrected chi connectivity index (χ1v) is 10.7. The number of alkyl halides is 3. The zero-order valence-electron chi connectivity index (χ0n) is 17.6. The summed E-state index contributed by atoms with van der Waals surface area (Å²) in [7, 11) is -5.68. The Morgan fingerprint density at radius 2 is 1.76 bits per heavy atom. The number of carbonyl (C=O) groups excluding carboxylic acids is 1. The maximum atomic E-state index is 13.1. The zero-order chi connectivity index (χ0) is 23.4. The van der Waals surface area contributed by atoms with Crippen LogP contribution in [0, 0.1) is 17.1 Å². The van der Waals surface area contributed by atoms with Gasteiger partial charge in [-0.15, -0.1) is 11.8 Å². The van der Waals surface area contributed by atoms with Gasteiger partial charge in [-0.3, -0.25) is 4.79 Å². The molecular formula is C18H13F4N2Na2O5PS. The minimum absolute atomic E-state index is 0. The third-order valence-corrected chi connectivity index (χ3v) is 5.75. The number of rotatable bonds is 7. The summed E-state index contributed by atoms with van der Waals surface area (Å²) in [6.45, 7) is 0.968. The molecule has 2 aromatic carbocycles. The number of benzene rings is 2. The van der Waals surface area contributed by atoms with Crippen molar-refractivity contribution in [2.24, 2.45) is 0 Å². The fourth-order valence-electron chi connectivity index (χ4n) is 2.35. The van der Waals surface area contributed by atoms with Crippen LogP contribution in [-0.2, 0) is 20.1 Å². The number of hydrogen-bond donors (Lipinski definition) is 1. The molecule has 2 rings (SSSR count). The van der Waals surface area contributed by atoms with Crippen LogP contribution < -0.4 is 74.2 Å². The van der Waals surface area contributed by atoms with E-state index in [2.05, 4.69) is 9.84 Å². The van der Waals surface area contributed by atoms with Crippen molar-refractivity contribution >= 4 is 31.2 Å². The van der Waals surface area contributed by atoms with E-state index in [0.717, 1.165) is 43.0 Å². The van der Waals surface area contributed by atoms with Crippen LogP contribution in [0.5, 0.6) is 0 Å². The molecule has 0 saturated heterocycles. The Morgan fingerprint density at radius 1 is 1.18 bits per heavy atom. The van der Waals surface area contributed by atoms with Crippen LogP contribution in [0.15, 0.2) is 47.4 Å². The van der Waals surface area contributed by atoms with Gasteiger partial charge in [-0.05, 0) is 49.4 Å². The van der Waals surface area contributed by atoms with Crippen molar-refractivity contribution in [1.82, 2.24) is 0 Å². The van der Waals surface area contributed by atoms with Crippen molar-refractivity contribution in [3.8, 4) is 6.07 Å². The molecule has 0 aliphatic carbocycles. The first-order valence-electron chi connectivity index (χ1n) is 8.27. The molecule has 1 unspecified atom stereocenters. The van der Waals surface area contributed by atoms with Crippen molar-refractivity contribution in [3.05, 3.63) is 59.4 Å². The number of anilines is 1. The standard InChI is InChI=1S/C18H15F4N2O5PS.2Na/c1-17(29-30(26,27)28,10-31-14-6-3-12(19)4-7-14)16(25)24-13-5-2-11(9-23)15(8-13)18(20,21)22;;/h2-8H,10H2,1H3,(H,24,25)(H2,26,27,28);;/q;2*+1/p-2. The van der Waals surface area contributed by atoms with E-state index in [9.17, 15) is 36.7 Å². The second-order valence-corrected chi connectivity index (χ2v) is 8.46. The van der Waals surface area contributed by atoms with Crippen LogP contribution in [0.25, 0.3) is 0 Å². The Bertz CT molecular complexity index is 1060. The molecule has 1 atom stereocenters. The molecule has 0 spiro atoms. The van der Waals surface area contributed by atoms with Gasteiger partial charge in [0.25, 0.3) is 5.91 Å². The minimum atomic E-state index is -5.68. The molecule has 7 nitrogen and oxygen atoms in total. The fraction of sp³-hybridized carbons (Fsp3) is 0.222. The van der Waals surface area contributed by atoms with Gasteiger partial charge in [0.05, 0.1) is 25.0 Å². The maximum Gasteiger partial charge on any atom is 1.00 e. The summed E-state index contributed by atoms with van der Waals surface area (Å²) in [5, 5.41) is 10.9. The smallest absolute Gasteiger partial charge is 0.790 e. The first-order chi connectivity index (χ1) is 14.2. The average Bonchev–Trinajstić information content (AvgIpc) is 2.65. The van der Waals surface area contributed by atoms with Crippen LogP contribution in [0.1, 0.15) is 18.1 Å². The van der Waals surface area contributed by atoms with Gasteiger partial charge < -0.3 is 24.2 Å². The molecule has 0 bridgehead atoms. The third kappa shape index (κ3) is 9.99. The van der Waals surface area contributed by atoms with Gasteiger partial charge in [-0.25, -0.2) is 4.39 Å². The van der Waals surface area contributed by atoms with E-state index in [1.165, 1.54) is 18.2 Å². The normalized spacial score (nSPS) is 13.0. The number of nitriles is 1.